The smallest absolute Gasteiger partial charge is 0.0704 e. The molecule has 0 saturated carbocycles. The summed E-state index contributed by atoms with van der Waals surface area (Å²) in [7, 11) is 0. The van der Waals surface area contributed by atoms with Crippen molar-refractivity contribution in [2.24, 2.45) is 0 Å². The topological polar surface area (TPSA) is 32.3 Å². The first kappa shape index (κ1) is 12.6. The van der Waals surface area contributed by atoms with Crippen LogP contribution in [0.4, 0.5) is 0 Å². The molecule has 2 atom stereocenters. The van der Waals surface area contributed by atoms with Gasteiger partial charge in [-0.25, -0.2) is 0 Å². The highest BCUT2D eigenvalue weighted by Gasteiger charge is 2.23. The second-order valence-corrected chi connectivity index (χ2v) is 6.84. The molecule has 1 unspecified atom stereocenters. The lowest BCUT2D eigenvalue weighted by atomic mass is 9.93. The fourth-order valence-corrected chi connectivity index (χ4v) is 4.10. The van der Waals surface area contributed by atoms with Crippen LogP contribution < -0.4 is 5.32 Å². The van der Waals surface area contributed by atoms with Crippen LogP contribution in [-0.2, 0) is 6.42 Å². The van der Waals surface area contributed by atoms with Crippen LogP contribution >= 0.6 is 27.3 Å². The summed E-state index contributed by atoms with van der Waals surface area (Å²) in [5.74, 6) is 0. The van der Waals surface area contributed by atoms with E-state index in [2.05, 4.69) is 34.2 Å². The van der Waals surface area contributed by atoms with E-state index in [1.807, 2.05) is 11.3 Å². The molecule has 90 valence electrons. The molecule has 2 nitrogen and oxygen atoms in total. The number of rotatable bonds is 4. The molecule has 4 heteroatoms. The van der Waals surface area contributed by atoms with E-state index >= 15 is 0 Å². The zero-order valence-corrected chi connectivity index (χ0v) is 11.9. The number of aryl methyl sites for hydroxylation is 1. The molecular weight excluding hydrogens is 286 g/mol. The summed E-state index contributed by atoms with van der Waals surface area (Å²) in [6, 6.07) is 2.90. The van der Waals surface area contributed by atoms with Crippen LogP contribution in [0.2, 0.25) is 0 Å². The van der Waals surface area contributed by atoms with Crippen LogP contribution in [0.25, 0.3) is 0 Å². The number of fused-ring (bicyclic) bond motifs is 1. The molecule has 0 bridgehead atoms. The Kier molecular flexibility index (Phi) is 4.41. The Morgan fingerprint density at radius 2 is 2.50 bits per heavy atom. The minimum absolute atomic E-state index is 0.230. The van der Waals surface area contributed by atoms with Crippen molar-refractivity contribution < 1.29 is 5.11 Å². The van der Waals surface area contributed by atoms with Crippen molar-refractivity contribution in [3.63, 3.8) is 0 Å². The van der Waals surface area contributed by atoms with Gasteiger partial charge in [0.1, 0.15) is 0 Å². The van der Waals surface area contributed by atoms with Gasteiger partial charge in [-0.1, -0.05) is 6.92 Å². The van der Waals surface area contributed by atoms with Crippen LogP contribution in [-0.4, -0.2) is 17.8 Å². The van der Waals surface area contributed by atoms with Crippen molar-refractivity contribution in [3.8, 4) is 0 Å². The molecule has 1 aromatic rings. The molecule has 2 rings (SSSR count). The van der Waals surface area contributed by atoms with Gasteiger partial charge in [-0.3, -0.25) is 0 Å². The molecule has 0 fully saturated rings. The molecule has 1 aliphatic rings. The Morgan fingerprint density at radius 3 is 3.19 bits per heavy atom. The summed E-state index contributed by atoms with van der Waals surface area (Å²) < 4.78 is 1.23. The van der Waals surface area contributed by atoms with Crippen LogP contribution in [0.1, 0.15) is 42.7 Å². The van der Waals surface area contributed by atoms with Gasteiger partial charge in [0.25, 0.3) is 0 Å². The van der Waals surface area contributed by atoms with Gasteiger partial charge >= 0.3 is 0 Å². The number of aliphatic hydroxyl groups is 1. The second kappa shape index (κ2) is 5.63. The van der Waals surface area contributed by atoms with Crippen molar-refractivity contribution in [2.75, 3.05) is 6.61 Å². The third kappa shape index (κ3) is 2.67. The van der Waals surface area contributed by atoms with Gasteiger partial charge in [0.05, 0.1) is 10.4 Å². The minimum Gasteiger partial charge on any atom is -0.395 e. The van der Waals surface area contributed by atoms with Crippen molar-refractivity contribution in [2.45, 2.75) is 44.7 Å². The summed E-state index contributed by atoms with van der Waals surface area (Å²) in [4.78, 5) is 1.50. The zero-order chi connectivity index (χ0) is 11.5. The highest BCUT2D eigenvalue weighted by molar-refractivity contribution is 9.11. The van der Waals surface area contributed by atoms with Gasteiger partial charge in [-0.2, -0.15) is 0 Å². The molecule has 0 aliphatic heterocycles. The largest absolute Gasteiger partial charge is 0.395 e. The number of halogens is 1. The SMILES string of the molecule is CC[C@@H](CO)NC1CCCc2sc(Br)cc21. The lowest BCUT2D eigenvalue weighted by Crippen LogP contribution is -2.36. The fourth-order valence-electron chi connectivity index (χ4n) is 2.28. The first-order valence-electron chi connectivity index (χ1n) is 5.89. The molecule has 2 N–H and O–H groups in total. The standard InChI is InChI=1S/C12H18BrNOS/c1-2-8(7-15)14-10-4-3-5-11-9(10)6-12(13)16-11/h6,8,10,14-15H,2-5,7H2,1H3/t8-,10?/m0/s1. The van der Waals surface area contributed by atoms with E-state index < -0.39 is 0 Å². The van der Waals surface area contributed by atoms with Crippen LogP contribution in [0.15, 0.2) is 9.85 Å². The average Bonchev–Trinajstić information content (AvgIpc) is 2.67. The molecule has 0 aromatic carbocycles. The number of aliphatic hydroxyl groups excluding tert-OH is 1. The van der Waals surface area contributed by atoms with Gasteiger partial charge in [0.2, 0.25) is 0 Å². The lowest BCUT2D eigenvalue weighted by molar-refractivity contribution is 0.223. The Labute approximate surface area is 109 Å². The van der Waals surface area contributed by atoms with Crippen molar-refractivity contribution >= 4 is 27.3 Å². The second-order valence-electron chi connectivity index (χ2n) is 4.33. The summed E-state index contributed by atoms with van der Waals surface area (Å²) >= 11 is 5.41. The maximum Gasteiger partial charge on any atom is 0.0704 e. The van der Waals surface area contributed by atoms with Gasteiger partial charge in [-0.05, 0) is 53.2 Å². The zero-order valence-electron chi connectivity index (χ0n) is 9.50. The molecule has 1 aliphatic carbocycles. The maximum atomic E-state index is 9.24. The van der Waals surface area contributed by atoms with Gasteiger partial charge in [0.15, 0.2) is 0 Å². The van der Waals surface area contributed by atoms with E-state index in [0.717, 1.165) is 6.42 Å². The van der Waals surface area contributed by atoms with E-state index in [-0.39, 0.29) is 12.6 Å². The van der Waals surface area contributed by atoms with Crippen molar-refractivity contribution in [1.29, 1.82) is 0 Å². The van der Waals surface area contributed by atoms with Crippen molar-refractivity contribution in [3.05, 3.63) is 20.3 Å². The number of nitrogens with one attached hydrogen (secondary N) is 1. The fraction of sp³-hybridized carbons (Fsp3) is 0.667. The first-order valence-corrected chi connectivity index (χ1v) is 7.50. The average molecular weight is 304 g/mol. The Hall–Kier alpha value is 0.100. The van der Waals surface area contributed by atoms with E-state index in [9.17, 15) is 5.11 Å². The van der Waals surface area contributed by atoms with Crippen molar-refractivity contribution in [1.82, 2.24) is 5.32 Å². The summed E-state index contributed by atoms with van der Waals surface area (Å²) in [6.45, 7) is 2.34. The summed E-state index contributed by atoms with van der Waals surface area (Å²) in [5, 5.41) is 12.8. The molecule has 0 saturated heterocycles. The van der Waals surface area contributed by atoms with Gasteiger partial charge in [0, 0.05) is 17.0 Å². The van der Waals surface area contributed by atoms with Crippen LogP contribution in [0.5, 0.6) is 0 Å². The maximum absolute atomic E-state index is 9.24. The molecule has 0 radical (unpaired) electrons. The lowest BCUT2D eigenvalue weighted by Gasteiger charge is -2.27. The Bertz CT molecular complexity index is 349. The predicted molar refractivity (Wildman–Crippen MR) is 72.0 cm³/mol. The van der Waals surface area contributed by atoms with E-state index in [1.165, 1.54) is 33.5 Å². The predicted octanol–water partition coefficient (Wildman–Crippen LogP) is 3.25. The molecule has 1 aromatic heterocycles. The molecule has 0 spiro atoms. The minimum atomic E-state index is 0.230. The first-order chi connectivity index (χ1) is 7.74. The monoisotopic (exact) mass is 303 g/mol. The molecular formula is C12H18BrNOS. The Morgan fingerprint density at radius 1 is 1.69 bits per heavy atom. The Balaban J connectivity index is 2.12. The van der Waals surface area contributed by atoms with E-state index in [0.29, 0.717) is 6.04 Å². The van der Waals surface area contributed by atoms with Crippen LogP contribution in [0, 0.1) is 0 Å². The highest BCUT2D eigenvalue weighted by atomic mass is 79.9. The highest BCUT2D eigenvalue weighted by Crippen LogP contribution is 2.38. The molecule has 16 heavy (non-hydrogen) atoms. The van der Waals surface area contributed by atoms with Gasteiger partial charge in [-0.15, -0.1) is 11.3 Å². The molecule has 1 heterocycles. The summed E-state index contributed by atoms with van der Waals surface area (Å²) in [5.41, 5.74) is 1.44. The number of hydrogen-bond acceptors (Lipinski definition) is 3. The van der Waals surface area contributed by atoms with E-state index in [4.69, 9.17) is 0 Å². The number of hydrogen-bond donors (Lipinski definition) is 2. The quantitative estimate of drug-likeness (QED) is 0.895. The third-order valence-electron chi connectivity index (χ3n) is 3.23. The molecule has 0 amide bonds. The number of thiophene rings is 1. The normalized spacial score (nSPS) is 21.8. The van der Waals surface area contributed by atoms with E-state index in [1.54, 1.807) is 0 Å². The third-order valence-corrected chi connectivity index (χ3v) is 4.95. The summed E-state index contributed by atoms with van der Waals surface area (Å²) in [6.07, 6.45) is 4.62. The van der Waals surface area contributed by atoms with Gasteiger partial charge < -0.3 is 10.4 Å². The van der Waals surface area contributed by atoms with Crippen LogP contribution in [0.3, 0.4) is 0 Å².